The van der Waals surface area contributed by atoms with E-state index in [0.29, 0.717) is 0 Å². The van der Waals surface area contributed by atoms with E-state index in [9.17, 15) is 5.11 Å². The fourth-order valence-corrected chi connectivity index (χ4v) is 2.51. The third-order valence-corrected chi connectivity index (χ3v) is 3.60. The molecule has 0 heterocycles. The largest absolute Gasteiger partial charge is 0.388 e. The van der Waals surface area contributed by atoms with Crippen LogP contribution < -0.4 is 4.90 Å². The Morgan fingerprint density at radius 3 is 2.55 bits per heavy atom. The zero-order chi connectivity index (χ0) is 14.5. The Balaban J connectivity index is 2.23. The highest BCUT2D eigenvalue weighted by Crippen LogP contribution is 2.28. The lowest BCUT2D eigenvalue weighted by Gasteiger charge is -2.24. The minimum atomic E-state index is -0.397. The van der Waals surface area contributed by atoms with Crippen molar-refractivity contribution in [1.29, 1.82) is 0 Å². The first-order chi connectivity index (χ1) is 9.61. The van der Waals surface area contributed by atoms with Gasteiger partial charge in [-0.3, -0.25) is 0 Å². The first-order valence-electron chi connectivity index (χ1n) is 7.15. The van der Waals surface area contributed by atoms with Crippen molar-refractivity contribution in [2.24, 2.45) is 0 Å². The standard InChI is InChI=1S/C18H23NO/c1-4-18(20)16-10-5-6-11-17(16)19(3)13-15-9-7-8-14(2)12-15/h5-12,18,20H,4,13H2,1-3H3/t18-/m1/s1. The molecular weight excluding hydrogens is 246 g/mol. The van der Waals surface area contributed by atoms with Crippen LogP contribution in [0, 0.1) is 6.92 Å². The molecule has 0 aromatic heterocycles. The first-order valence-corrected chi connectivity index (χ1v) is 7.15. The molecule has 1 N–H and O–H groups in total. The predicted octanol–water partition coefficient (Wildman–Crippen LogP) is 4.07. The second kappa shape index (κ2) is 6.58. The van der Waals surface area contributed by atoms with Crippen molar-refractivity contribution in [2.75, 3.05) is 11.9 Å². The van der Waals surface area contributed by atoms with Gasteiger partial charge in [0.25, 0.3) is 0 Å². The molecule has 0 spiro atoms. The summed E-state index contributed by atoms with van der Waals surface area (Å²) in [6.45, 7) is 4.95. The van der Waals surface area contributed by atoms with Gasteiger partial charge in [0.05, 0.1) is 6.10 Å². The van der Waals surface area contributed by atoms with Gasteiger partial charge in [0.2, 0.25) is 0 Å². The predicted molar refractivity (Wildman–Crippen MR) is 85.0 cm³/mol. The van der Waals surface area contributed by atoms with E-state index in [0.717, 1.165) is 24.2 Å². The van der Waals surface area contributed by atoms with Crippen LogP contribution in [0.5, 0.6) is 0 Å². The van der Waals surface area contributed by atoms with Crippen molar-refractivity contribution >= 4 is 5.69 Å². The number of aliphatic hydroxyl groups is 1. The van der Waals surface area contributed by atoms with Gasteiger partial charge in [-0.2, -0.15) is 0 Å². The fraction of sp³-hybridized carbons (Fsp3) is 0.333. The van der Waals surface area contributed by atoms with Crippen molar-refractivity contribution in [3.05, 3.63) is 65.2 Å². The third kappa shape index (κ3) is 3.40. The highest BCUT2D eigenvalue weighted by atomic mass is 16.3. The summed E-state index contributed by atoms with van der Waals surface area (Å²) in [4.78, 5) is 2.20. The van der Waals surface area contributed by atoms with E-state index in [1.165, 1.54) is 11.1 Å². The molecule has 2 rings (SSSR count). The van der Waals surface area contributed by atoms with E-state index in [2.05, 4.69) is 49.2 Å². The number of nitrogens with zero attached hydrogens (tertiary/aromatic N) is 1. The van der Waals surface area contributed by atoms with Gasteiger partial charge < -0.3 is 10.0 Å². The number of benzene rings is 2. The molecule has 0 saturated heterocycles. The van der Waals surface area contributed by atoms with E-state index >= 15 is 0 Å². The third-order valence-electron chi connectivity index (χ3n) is 3.60. The number of para-hydroxylation sites is 1. The summed E-state index contributed by atoms with van der Waals surface area (Å²) in [6.07, 6.45) is 0.334. The Morgan fingerprint density at radius 1 is 1.10 bits per heavy atom. The van der Waals surface area contributed by atoms with Crippen LogP contribution in [0.4, 0.5) is 5.69 Å². The van der Waals surface area contributed by atoms with E-state index in [4.69, 9.17) is 0 Å². The summed E-state index contributed by atoms with van der Waals surface area (Å²) in [5.41, 5.74) is 4.67. The van der Waals surface area contributed by atoms with Gasteiger partial charge in [0.15, 0.2) is 0 Å². The average molecular weight is 269 g/mol. The molecule has 1 atom stereocenters. The molecule has 2 aromatic carbocycles. The van der Waals surface area contributed by atoms with Crippen LogP contribution in [0.1, 0.15) is 36.1 Å². The Hall–Kier alpha value is -1.80. The summed E-state index contributed by atoms with van der Waals surface area (Å²) in [6, 6.07) is 16.6. The monoisotopic (exact) mass is 269 g/mol. The molecule has 0 radical (unpaired) electrons. The molecular formula is C18H23NO. The molecule has 0 bridgehead atoms. The Labute approximate surface area is 121 Å². The molecule has 0 aliphatic heterocycles. The van der Waals surface area contributed by atoms with Crippen LogP contribution >= 0.6 is 0 Å². The first kappa shape index (κ1) is 14.6. The SMILES string of the molecule is CC[C@@H](O)c1ccccc1N(C)Cc1cccc(C)c1. The van der Waals surface area contributed by atoms with Crippen molar-refractivity contribution in [3.63, 3.8) is 0 Å². The van der Waals surface area contributed by atoms with Crippen LogP contribution in [-0.4, -0.2) is 12.2 Å². The normalized spacial score (nSPS) is 12.2. The van der Waals surface area contributed by atoms with Gasteiger partial charge in [-0.15, -0.1) is 0 Å². The number of hydrogen-bond donors (Lipinski definition) is 1. The Kier molecular flexibility index (Phi) is 4.80. The molecule has 2 heteroatoms. The summed E-state index contributed by atoms with van der Waals surface area (Å²) in [5, 5.41) is 10.1. The van der Waals surface area contributed by atoms with Crippen LogP contribution in [0.15, 0.2) is 48.5 Å². The lowest BCUT2D eigenvalue weighted by molar-refractivity contribution is 0.174. The molecule has 2 aromatic rings. The number of rotatable bonds is 5. The van der Waals surface area contributed by atoms with Crippen molar-refractivity contribution < 1.29 is 5.11 Å². The topological polar surface area (TPSA) is 23.5 Å². The molecule has 0 saturated carbocycles. The van der Waals surface area contributed by atoms with Crippen LogP contribution in [0.25, 0.3) is 0 Å². The summed E-state index contributed by atoms with van der Waals surface area (Å²) in [5.74, 6) is 0. The molecule has 2 nitrogen and oxygen atoms in total. The van der Waals surface area contributed by atoms with Crippen molar-refractivity contribution in [2.45, 2.75) is 32.9 Å². The van der Waals surface area contributed by atoms with E-state index in [1.54, 1.807) is 0 Å². The summed E-state index contributed by atoms with van der Waals surface area (Å²) in [7, 11) is 2.07. The zero-order valence-corrected chi connectivity index (χ0v) is 12.5. The van der Waals surface area contributed by atoms with E-state index < -0.39 is 6.10 Å². The lowest BCUT2D eigenvalue weighted by Crippen LogP contribution is -2.18. The molecule has 106 valence electrons. The Bertz CT molecular complexity index is 565. The van der Waals surface area contributed by atoms with Gasteiger partial charge in [-0.25, -0.2) is 0 Å². The zero-order valence-electron chi connectivity index (χ0n) is 12.5. The van der Waals surface area contributed by atoms with Crippen LogP contribution in [-0.2, 0) is 6.54 Å². The van der Waals surface area contributed by atoms with Gasteiger partial charge in [-0.1, -0.05) is 55.0 Å². The molecule has 0 aliphatic carbocycles. The summed E-state index contributed by atoms with van der Waals surface area (Å²) >= 11 is 0. The quantitative estimate of drug-likeness (QED) is 0.884. The van der Waals surface area contributed by atoms with E-state index in [1.807, 2.05) is 25.1 Å². The van der Waals surface area contributed by atoms with Crippen LogP contribution in [0.3, 0.4) is 0 Å². The van der Waals surface area contributed by atoms with Crippen LogP contribution in [0.2, 0.25) is 0 Å². The molecule has 0 amide bonds. The van der Waals surface area contributed by atoms with Crippen molar-refractivity contribution in [3.8, 4) is 0 Å². The van der Waals surface area contributed by atoms with Gasteiger partial charge in [-0.05, 0) is 25.0 Å². The highest BCUT2D eigenvalue weighted by molar-refractivity contribution is 5.54. The van der Waals surface area contributed by atoms with Gasteiger partial charge in [0.1, 0.15) is 0 Å². The van der Waals surface area contributed by atoms with Crippen molar-refractivity contribution in [1.82, 2.24) is 0 Å². The number of hydrogen-bond acceptors (Lipinski definition) is 2. The minimum Gasteiger partial charge on any atom is -0.388 e. The molecule has 0 aliphatic rings. The maximum absolute atomic E-state index is 10.1. The number of anilines is 1. The molecule has 0 unspecified atom stereocenters. The smallest absolute Gasteiger partial charge is 0.0807 e. The fourth-order valence-electron chi connectivity index (χ4n) is 2.51. The average Bonchev–Trinajstić information content (AvgIpc) is 2.46. The Morgan fingerprint density at radius 2 is 1.85 bits per heavy atom. The molecule has 0 fully saturated rings. The maximum Gasteiger partial charge on any atom is 0.0807 e. The number of aliphatic hydroxyl groups excluding tert-OH is 1. The second-order valence-corrected chi connectivity index (χ2v) is 5.33. The molecule has 20 heavy (non-hydrogen) atoms. The van der Waals surface area contributed by atoms with E-state index in [-0.39, 0.29) is 0 Å². The minimum absolute atomic E-state index is 0.397. The summed E-state index contributed by atoms with van der Waals surface area (Å²) < 4.78 is 0. The lowest BCUT2D eigenvalue weighted by atomic mass is 10.0. The van der Waals surface area contributed by atoms with Gasteiger partial charge >= 0.3 is 0 Å². The second-order valence-electron chi connectivity index (χ2n) is 5.33. The highest BCUT2D eigenvalue weighted by Gasteiger charge is 2.13. The maximum atomic E-state index is 10.1. The van der Waals surface area contributed by atoms with Gasteiger partial charge in [0, 0.05) is 24.8 Å². The number of aryl methyl sites for hydroxylation is 1.